The first kappa shape index (κ1) is 19.6. The molecule has 1 amide bonds. The van der Waals surface area contributed by atoms with Gasteiger partial charge < -0.3 is 5.32 Å². The number of nitrogens with one attached hydrogen (secondary N) is 1. The molecule has 5 rings (SSSR count). The molecule has 0 saturated heterocycles. The van der Waals surface area contributed by atoms with Crippen molar-refractivity contribution in [3.05, 3.63) is 81.2 Å². The molecule has 158 valence electrons. The van der Waals surface area contributed by atoms with Gasteiger partial charge in [-0.25, -0.2) is 18.9 Å². The van der Waals surface area contributed by atoms with Crippen LogP contribution in [-0.2, 0) is 19.5 Å². The molecule has 1 aliphatic rings. The highest BCUT2D eigenvalue weighted by atomic mass is 32.1. The molecule has 0 aliphatic carbocycles. The average Bonchev–Trinajstić information content (AvgIpc) is 3.29. The fourth-order valence-corrected chi connectivity index (χ4v) is 4.62. The molecule has 31 heavy (non-hydrogen) atoms. The monoisotopic (exact) mass is 437 g/mol. The van der Waals surface area contributed by atoms with Crippen LogP contribution in [0.3, 0.4) is 0 Å². The van der Waals surface area contributed by atoms with Gasteiger partial charge in [-0.1, -0.05) is 12.1 Å². The van der Waals surface area contributed by atoms with Crippen LogP contribution in [0.2, 0.25) is 0 Å². The number of hydrogen-bond acceptors (Lipinski definition) is 5. The van der Waals surface area contributed by atoms with E-state index < -0.39 is 0 Å². The Hall–Kier alpha value is -3.33. The molecule has 1 aliphatic heterocycles. The van der Waals surface area contributed by atoms with E-state index in [1.54, 1.807) is 28.3 Å². The second kappa shape index (κ2) is 8.07. The maximum absolute atomic E-state index is 13.1. The minimum atomic E-state index is -0.309. The summed E-state index contributed by atoms with van der Waals surface area (Å²) in [6.07, 6.45) is 1.97. The Labute approximate surface area is 181 Å². The maximum Gasteiger partial charge on any atom is 0.346 e. The average molecular weight is 438 g/mol. The Morgan fingerprint density at radius 2 is 2.03 bits per heavy atom. The van der Waals surface area contributed by atoms with Crippen molar-refractivity contribution in [2.75, 3.05) is 0 Å². The van der Waals surface area contributed by atoms with Crippen molar-refractivity contribution < 1.29 is 9.18 Å². The van der Waals surface area contributed by atoms with E-state index in [0.29, 0.717) is 37.9 Å². The van der Waals surface area contributed by atoms with Gasteiger partial charge in [0.25, 0.3) is 5.91 Å². The second-order valence-electron chi connectivity index (χ2n) is 7.67. The fraction of sp³-hybridized carbons (Fsp3) is 0.273. The van der Waals surface area contributed by atoms with Crippen molar-refractivity contribution in [1.29, 1.82) is 0 Å². The highest BCUT2D eigenvalue weighted by molar-refractivity contribution is 7.16. The van der Waals surface area contributed by atoms with Crippen molar-refractivity contribution in [2.45, 2.75) is 38.4 Å². The molecule has 0 saturated carbocycles. The second-order valence-corrected chi connectivity index (χ2v) is 8.55. The predicted octanol–water partition coefficient (Wildman–Crippen LogP) is 2.98. The first-order valence-corrected chi connectivity index (χ1v) is 11.0. The molecule has 0 bridgehead atoms. The normalized spacial score (nSPS) is 16.1. The number of fused-ring (bicyclic) bond motifs is 2. The maximum atomic E-state index is 13.1. The molecule has 0 radical (unpaired) electrons. The fourth-order valence-electron chi connectivity index (χ4n) is 3.90. The molecule has 3 heterocycles. The summed E-state index contributed by atoms with van der Waals surface area (Å²) >= 11 is 1.51. The number of thiazole rings is 1. The summed E-state index contributed by atoms with van der Waals surface area (Å²) in [5, 5.41) is 7.58. The van der Waals surface area contributed by atoms with E-state index in [4.69, 9.17) is 0 Å². The van der Waals surface area contributed by atoms with Crippen LogP contribution >= 0.6 is 11.3 Å². The van der Waals surface area contributed by atoms with Crippen molar-refractivity contribution in [2.24, 2.45) is 0 Å². The lowest BCUT2D eigenvalue weighted by Crippen LogP contribution is -2.35. The quantitative estimate of drug-likeness (QED) is 0.532. The number of halogens is 1. The van der Waals surface area contributed by atoms with Crippen molar-refractivity contribution in [3.8, 4) is 0 Å². The van der Waals surface area contributed by atoms with Gasteiger partial charge >= 0.3 is 5.69 Å². The van der Waals surface area contributed by atoms with Gasteiger partial charge in [-0.05, 0) is 48.7 Å². The van der Waals surface area contributed by atoms with Crippen LogP contribution in [0.4, 0.5) is 4.39 Å². The van der Waals surface area contributed by atoms with E-state index in [2.05, 4.69) is 15.4 Å². The van der Waals surface area contributed by atoms with Gasteiger partial charge in [0.05, 0.1) is 22.3 Å². The number of amides is 1. The Balaban J connectivity index is 1.26. The van der Waals surface area contributed by atoms with E-state index in [1.165, 1.54) is 28.2 Å². The Morgan fingerprint density at radius 3 is 2.87 bits per heavy atom. The lowest BCUT2D eigenvalue weighted by molar-refractivity contribution is 0.0933. The summed E-state index contributed by atoms with van der Waals surface area (Å²) in [5.41, 5.74) is 3.91. The third-order valence-electron chi connectivity index (χ3n) is 5.59. The van der Waals surface area contributed by atoms with Crippen LogP contribution in [0, 0.1) is 5.82 Å². The Kier molecular flexibility index (Phi) is 5.11. The first-order chi connectivity index (χ1) is 15.1. The van der Waals surface area contributed by atoms with Gasteiger partial charge in [0.15, 0.2) is 0 Å². The van der Waals surface area contributed by atoms with Crippen LogP contribution < -0.4 is 11.0 Å². The number of nitrogens with zero attached hydrogens (tertiary/aromatic N) is 4. The van der Waals surface area contributed by atoms with Crippen molar-refractivity contribution in [3.63, 3.8) is 0 Å². The minimum absolute atomic E-state index is 0.0312. The highest BCUT2D eigenvalue weighted by Gasteiger charge is 2.22. The smallest absolute Gasteiger partial charge is 0.346 e. The number of carbonyl (C=O) groups excluding carboxylic acids is 1. The van der Waals surface area contributed by atoms with Crippen LogP contribution in [-0.4, -0.2) is 31.3 Å². The van der Waals surface area contributed by atoms with Crippen LogP contribution in [0.5, 0.6) is 0 Å². The zero-order chi connectivity index (χ0) is 21.4. The number of carbonyl (C=O) groups is 1. The van der Waals surface area contributed by atoms with Gasteiger partial charge in [-0.15, -0.1) is 11.3 Å². The predicted molar refractivity (Wildman–Crippen MR) is 116 cm³/mol. The number of benzene rings is 2. The molecule has 2 aromatic heterocycles. The summed E-state index contributed by atoms with van der Waals surface area (Å²) < 4.78 is 17.2. The number of hydrogen-bond donors (Lipinski definition) is 1. The number of aromatic nitrogens is 4. The summed E-state index contributed by atoms with van der Waals surface area (Å²) in [6.45, 7) is 0.801. The van der Waals surface area contributed by atoms with Gasteiger partial charge in [0, 0.05) is 24.6 Å². The lowest BCUT2D eigenvalue weighted by atomic mass is 10.1. The van der Waals surface area contributed by atoms with E-state index >= 15 is 0 Å². The van der Waals surface area contributed by atoms with E-state index in [9.17, 15) is 14.0 Å². The minimum Gasteiger partial charge on any atom is -0.349 e. The Bertz CT molecular complexity index is 1310. The first-order valence-electron chi connectivity index (χ1n) is 10.1. The third-order valence-corrected chi connectivity index (χ3v) is 6.38. The van der Waals surface area contributed by atoms with E-state index in [0.717, 1.165) is 21.6 Å². The number of aryl methyl sites for hydroxylation is 1. The van der Waals surface area contributed by atoms with E-state index in [1.807, 2.05) is 12.1 Å². The zero-order valence-electron chi connectivity index (χ0n) is 16.6. The van der Waals surface area contributed by atoms with Gasteiger partial charge in [0.1, 0.15) is 11.6 Å². The molecule has 0 spiro atoms. The molecule has 9 heteroatoms. The molecular weight excluding hydrogens is 417 g/mol. The Morgan fingerprint density at radius 1 is 1.19 bits per heavy atom. The molecular formula is C22H20FN5O2S. The van der Waals surface area contributed by atoms with Crippen molar-refractivity contribution >= 4 is 27.5 Å². The summed E-state index contributed by atoms with van der Waals surface area (Å²) in [6, 6.07) is 11.5. The van der Waals surface area contributed by atoms with E-state index in [-0.39, 0.29) is 23.5 Å². The molecule has 2 aromatic carbocycles. The SMILES string of the molecule is O=C(NC1CCc2nn(Cc3ccc(F)cc3)c(=O)n2CC1)c1ccc2ncsc2c1. The van der Waals surface area contributed by atoms with Crippen molar-refractivity contribution in [1.82, 2.24) is 24.6 Å². The molecule has 1 atom stereocenters. The van der Waals surface area contributed by atoms with Gasteiger partial charge in [-0.2, -0.15) is 5.10 Å². The largest absolute Gasteiger partial charge is 0.349 e. The summed E-state index contributed by atoms with van der Waals surface area (Å²) in [5.74, 6) is 0.292. The van der Waals surface area contributed by atoms with Crippen LogP contribution in [0.25, 0.3) is 10.2 Å². The molecule has 1 unspecified atom stereocenters. The zero-order valence-corrected chi connectivity index (χ0v) is 17.4. The summed E-state index contributed by atoms with van der Waals surface area (Å²) in [4.78, 5) is 29.7. The molecule has 0 fully saturated rings. The molecule has 1 N–H and O–H groups in total. The molecule has 4 aromatic rings. The topological polar surface area (TPSA) is 81.8 Å². The summed E-state index contributed by atoms with van der Waals surface area (Å²) in [7, 11) is 0. The van der Waals surface area contributed by atoms with Crippen LogP contribution in [0.1, 0.15) is 34.6 Å². The van der Waals surface area contributed by atoms with Gasteiger partial charge in [0.2, 0.25) is 0 Å². The third kappa shape index (κ3) is 4.00. The number of rotatable bonds is 4. The highest BCUT2D eigenvalue weighted by Crippen LogP contribution is 2.20. The standard InChI is InChI=1S/C22H20FN5O2S/c23-16-4-1-14(2-5-16)12-28-22(30)27-10-9-17(6-8-20(27)26-28)25-21(29)15-3-7-18-19(11-15)31-13-24-18/h1-5,7,11,13,17H,6,8-10,12H2,(H,25,29). The lowest BCUT2D eigenvalue weighted by Gasteiger charge is -2.16. The van der Waals surface area contributed by atoms with Gasteiger partial charge in [-0.3, -0.25) is 9.36 Å². The van der Waals surface area contributed by atoms with Crippen LogP contribution in [0.15, 0.2) is 52.8 Å². The molecule has 7 nitrogen and oxygen atoms in total.